The van der Waals surface area contributed by atoms with Gasteiger partial charge in [0, 0.05) is 25.2 Å². The van der Waals surface area contributed by atoms with Gasteiger partial charge in [-0.1, -0.05) is 18.1 Å². The first-order valence-corrected chi connectivity index (χ1v) is 10.4. The molecule has 1 fully saturated rings. The van der Waals surface area contributed by atoms with Crippen molar-refractivity contribution in [1.29, 1.82) is 0 Å². The number of aliphatic hydroxyl groups is 1. The maximum atomic E-state index is 13.3. The van der Waals surface area contributed by atoms with Crippen molar-refractivity contribution in [3.8, 4) is 0 Å². The lowest BCUT2D eigenvalue weighted by atomic mass is 9.96. The van der Waals surface area contributed by atoms with Crippen molar-refractivity contribution < 1.29 is 5.11 Å². The molecule has 1 aliphatic carbocycles. The third-order valence-corrected chi connectivity index (χ3v) is 5.81. The van der Waals surface area contributed by atoms with Crippen molar-refractivity contribution in [3.05, 3.63) is 65.3 Å². The zero-order valence-corrected chi connectivity index (χ0v) is 17.1. The number of fused-ring (bicyclic) bond motifs is 2. The van der Waals surface area contributed by atoms with Gasteiger partial charge in [0.25, 0.3) is 0 Å². The molecule has 0 bridgehead atoms. The Kier molecular flexibility index (Phi) is 4.49. The zero-order valence-electron chi connectivity index (χ0n) is 17.1. The largest absolute Gasteiger partial charge is 0.513 e. The standard InChI is InChI=1S/C22H24BN5O2/c1-14(29)3-2-10-26-18-7-4-15(23)11-17(18)25-21(26)13-27-20-12-24-9-8-19(20)28(22(27)30)16-5-6-16/h4,7-9,11-12,16,29H,1-3,5-6,10,13,23H2. The molecule has 0 unspecified atom stereocenters. The molecule has 5 rings (SSSR count). The molecule has 3 heterocycles. The number of aryl methyl sites for hydroxylation is 1. The Morgan fingerprint density at radius 3 is 2.80 bits per heavy atom. The van der Waals surface area contributed by atoms with Crippen LogP contribution in [0.2, 0.25) is 0 Å². The molecule has 7 nitrogen and oxygen atoms in total. The number of hydrogen-bond donors (Lipinski definition) is 1. The van der Waals surface area contributed by atoms with Crippen LogP contribution in [0.1, 0.15) is 37.5 Å². The molecule has 30 heavy (non-hydrogen) atoms. The smallest absolute Gasteiger partial charge is 0.329 e. The second kappa shape index (κ2) is 7.20. The monoisotopic (exact) mass is 401 g/mol. The summed E-state index contributed by atoms with van der Waals surface area (Å²) in [6, 6.07) is 8.43. The molecule has 0 amide bonds. The summed E-state index contributed by atoms with van der Waals surface area (Å²) in [6.45, 7) is 4.67. The Bertz CT molecular complexity index is 1330. The third kappa shape index (κ3) is 3.22. The van der Waals surface area contributed by atoms with Crippen molar-refractivity contribution in [2.24, 2.45) is 0 Å². The van der Waals surface area contributed by atoms with Crippen molar-refractivity contribution in [1.82, 2.24) is 23.7 Å². The van der Waals surface area contributed by atoms with Crippen molar-refractivity contribution in [2.45, 2.75) is 44.8 Å². The van der Waals surface area contributed by atoms with Gasteiger partial charge >= 0.3 is 5.69 Å². The normalized spacial score (nSPS) is 14.0. The minimum Gasteiger partial charge on any atom is -0.513 e. The number of aliphatic hydroxyl groups excluding tert-OH is 1. The molecular weight excluding hydrogens is 377 g/mol. The van der Waals surface area contributed by atoms with Gasteiger partial charge in [0.05, 0.1) is 40.6 Å². The summed E-state index contributed by atoms with van der Waals surface area (Å²) in [7, 11) is 2.05. The van der Waals surface area contributed by atoms with Crippen LogP contribution in [0, 0.1) is 0 Å². The summed E-state index contributed by atoms with van der Waals surface area (Å²) >= 11 is 0. The van der Waals surface area contributed by atoms with Gasteiger partial charge in [-0.25, -0.2) is 9.78 Å². The summed E-state index contributed by atoms with van der Waals surface area (Å²) in [5.74, 6) is 1.02. The summed E-state index contributed by atoms with van der Waals surface area (Å²) < 4.78 is 5.85. The van der Waals surface area contributed by atoms with Crippen LogP contribution in [-0.2, 0) is 13.1 Å². The maximum absolute atomic E-state index is 13.3. The Morgan fingerprint density at radius 2 is 2.03 bits per heavy atom. The second-order valence-corrected chi connectivity index (χ2v) is 8.18. The van der Waals surface area contributed by atoms with E-state index in [2.05, 4.69) is 34.3 Å². The Morgan fingerprint density at radius 1 is 1.20 bits per heavy atom. The molecule has 4 aromatic rings. The lowest BCUT2D eigenvalue weighted by Crippen LogP contribution is -2.25. The molecule has 0 aliphatic heterocycles. The van der Waals surface area contributed by atoms with Gasteiger partial charge in [0.1, 0.15) is 13.7 Å². The fourth-order valence-electron chi connectivity index (χ4n) is 4.21. The first kappa shape index (κ1) is 18.7. The van der Waals surface area contributed by atoms with E-state index in [0.717, 1.165) is 52.6 Å². The highest BCUT2D eigenvalue weighted by atomic mass is 16.3. The molecule has 0 radical (unpaired) electrons. The zero-order chi connectivity index (χ0) is 20.8. The summed E-state index contributed by atoms with van der Waals surface area (Å²) in [6.07, 6.45) is 6.89. The number of imidazole rings is 2. The van der Waals surface area contributed by atoms with Crippen LogP contribution in [-0.4, -0.2) is 36.6 Å². The fourth-order valence-corrected chi connectivity index (χ4v) is 4.21. The predicted molar refractivity (Wildman–Crippen MR) is 120 cm³/mol. The van der Waals surface area contributed by atoms with Crippen LogP contribution >= 0.6 is 0 Å². The highest BCUT2D eigenvalue weighted by Crippen LogP contribution is 2.36. The van der Waals surface area contributed by atoms with Gasteiger partial charge in [-0.05, 0) is 37.5 Å². The fraction of sp³-hybridized carbons (Fsp3) is 0.318. The molecule has 1 saturated carbocycles. The van der Waals surface area contributed by atoms with Gasteiger partial charge in [-0.15, -0.1) is 0 Å². The average molecular weight is 401 g/mol. The van der Waals surface area contributed by atoms with Crippen molar-refractivity contribution in [2.75, 3.05) is 0 Å². The van der Waals surface area contributed by atoms with E-state index < -0.39 is 0 Å². The lowest BCUT2D eigenvalue weighted by Gasteiger charge is -2.10. The highest BCUT2D eigenvalue weighted by Gasteiger charge is 2.29. The van der Waals surface area contributed by atoms with Crippen LogP contribution in [0.25, 0.3) is 22.1 Å². The second-order valence-electron chi connectivity index (χ2n) is 8.18. The Labute approximate surface area is 174 Å². The van der Waals surface area contributed by atoms with Gasteiger partial charge in [0.2, 0.25) is 0 Å². The minimum absolute atomic E-state index is 0.000905. The first-order valence-electron chi connectivity index (χ1n) is 10.4. The average Bonchev–Trinajstić information content (AvgIpc) is 3.44. The number of hydrogen-bond acceptors (Lipinski definition) is 4. The van der Waals surface area contributed by atoms with E-state index in [9.17, 15) is 9.90 Å². The minimum atomic E-state index is -0.000905. The maximum Gasteiger partial charge on any atom is 0.329 e. The summed E-state index contributed by atoms with van der Waals surface area (Å²) in [5.41, 5.74) is 4.88. The van der Waals surface area contributed by atoms with Crippen LogP contribution in [0.5, 0.6) is 0 Å². The molecule has 8 heteroatoms. The number of aromatic nitrogens is 5. The number of rotatable bonds is 7. The highest BCUT2D eigenvalue weighted by molar-refractivity contribution is 6.33. The third-order valence-electron chi connectivity index (χ3n) is 5.81. The lowest BCUT2D eigenvalue weighted by molar-refractivity contribution is 0.381. The Balaban J connectivity index is 1.61. The van der Waals surface area contributed by atoms with E-state index in [4.69, 9.17) is 4.98 Å². The first-order chi connectivity index (χ1) is 14.5. The van der Waals surface area contributed by atoms with Crippen molar-refractivity contribution in [3.63, 3.8) is 0 Å². The van der Waals surface area contributed by atoms with E-state index in [1.165, 1.54) is 0 Å². The predicted octanol–water partition coefficient (Wildman–Crippen LogP) is 2.04. The van der Waals surface area contributed by atoms with E-state index in [1.54, 1.807) is 17.0 Å². The molecule has 0 saturated heterocycles. The van der Waals surface area contributed by atoms with Crippen LogP contribution < -0.4 is 11.2 Å². The number of benzene rings is 1. The molecule has 1 aliphatic rings. The SMILES string of the molecule is Bc1ccc2c(c1)nc(Cn1c(=O)n(C3CC3)c3ccncc31)n2CCCC(=C)O. The molecule has 3 aromatic heterocycles. The van der Waals surface area contributed by atoms with Gasteiger partial charge in [-0.3, -0.25) is 14.1 Å². The van der Waals surface area contributed by atoms with Gasteiger partial charge in [0.15, 0.2) is 0 Å². The Hall–Kier alpha value is -3.29. The van der Waals surface area contributed by atoms with Crippen LogP contribution in [0.4, 0.5) is 0 Å². The van der Waals surface area contributed by atoms with Crippen molar-refractivity contribution >= 4 is 35.4 Å². The molecule has 0 atom stereocenters. The molecule has 1 N–H and O–H groups in total. The van der Waals surface area contributed by atoms with E-state index in [1.807, 2.05) is 18.5 Å². The number of nitrogens with zero attached hydrogens (tertiary/aromatic N) is 5. The van der Waals surface area contributed by atoms with Crippen LogP contribution in [0.3, 0.4) is 0 Å². The molecule has 0 spiro atoms. The summed E-state index contributed by atoms with van der Waals surface area (Å²) in [5, 5.41) is 9.48. The molecule has 1 aromatic carbocycles. The topological polar surface area (TPSA) is 77.9 Å². The van der Waals surface area contributed by atoms with E-state index in [-0.39, 0.29) is 11.4 Å². The number of pyridine rings is 1. The number of allylic oxidation sites excluding steroid dienone is 1. The van der Waals surface area contributed by atoms with Gasteiger partial charge in [-0.2, -0.15) is 0 Å². The van der Waals surface area contributed by atoms with Gasteiger partial charge < -0.3 is 9.67 Å². The summed E-state index contributed by atoms with van der Waals surface area (Å²) in [4.78, 5) is 22.4. The van der Waals surface area contributed by atoms with Crippen LogP contribution in [0.15, 0.2) is 53.8 Å². The quantitative estimate of drug-likeness (QED) is 0.380. The molecular formula is C22H24BN5O2. The molecule has 152 valence electrons. The van der Waals surface area contributed by atoms with E-state index in [0.29, 0.717) is 25.6 Å². The van der Waals surface area contributed by atoms with E-state index >= 15 is 0 Å².